The molecule has 0 fully saturated rings. The van der Waals surface area contributed by atoms with Gasteiger partial charge in [0.2, 0.25) is 0 Å². The van der Waals surface area contributed by atoms with Crippen LogP contribution in [0.5, 0.6) is 11.5 Å². The fourth-order valence-corrected chi connectivity index (χ4v) is 4.25. The van der Waals surface area contributed by atoms with Gasteiger partial charge in [0.25, 0.3) is 5.91 Å². The highest BCUT2D eigenvalue weighted by molar-refractivity contribution is 7.14. The number of nitrogens with zero attached hydrogens (tertiary/aromatic N) is 1. The van der Waals surface area contributed by atoms with Crippen molar-refractivity contribution in [2.45, 2.75) is 0 Å². The van der Waals surface area contributed by atoms with Gasteiger partial charge in [-0.2, -0.15) is 11.3 Å². The number of rotatable bonds is 6. The van der Waals surface area contributed by atoms with E-state index < -0.39 is 0 Å². The van der Waals surface area contributed by atoms with Crippen molar-refractivity contribution in [1.82, 2.24) is 4.98 Å². The van der Waals surface area contributed by atoms with Crippen molar-refractivity contribution in [2.24, 2.45) is 0 Å². The van der Waals surface area contributed by atoms with Gasteiger partial charge in [-0.3, -0.25) is 10.1 Å². The average Bonchev–Trinajstić information content (AvgIpc) is 3.46. The normalized spacial score (nSPS) is 10.6. The Balaban J connectivity index is 1.50. The van der Waals surface area contributed by atoms with E-state index in [1.165, 1.54) is 11.3 Å². The molecule has 1 amide bonds. The molecule has 0 bridgehead atoms. The van der Waals surface area contributed by atoms with Gasteiger partial charge in [-0.1, -0.05) is 12.1 Å². The van der Waals surface area contributed by atoms with Crippen LogP contribution in [0.4, 0.5) is 5.13 Å². The average molecular weight is 423 g/mol. The molecule has 0 atom stereocenters. The summed E-state index contributed by atoms with van der Waals surface area (Å²) >= 11 is 3.02. The summed E-state index contributed by atoms with van der Waals surface area (Å²) in [7, 11) is 3.21. The second-order valence-electron chi connectivity index (χ2n) is 6.15. The number of thiophene rings is 1. The largest absolute Gasteiger partial charge is 0.497 e. The second-order valence-corrected chi connectivity index (χ2v) is 7.79. The maximum absolute atomic E-state index is 12.6. The highest BCUT2D eigenvalue weighted by Gasteiger charge is 2.14. The number of ether oxygens (including phenoxy) is 2. The first kappa shape index (κ1) is 19.2. The Kier molecular flexibility index (Phi) is 5.59. The molecule has 2 aromatic heterocycles. The standard InChI is InChI=1S/C22H18N2O3S2/c1-26-17-7-8-18(20(11-17)27-2)19-13-29-22(23-19)24-21(25)15-5-3-14(4-6-15)16-9-10-28-12-16/h3-13H,1-2H3,(H,23,24,25). The van der Waals surface area contributed by atoms with Crippen LogP contribution in [-0.2, 0) is 0 Å². The van der Waals surface area contributed by atoms with Gasteiger partial charge in [0, 0.05) is 22.6 Å². The molecule has 0 aliphatic heterocycles. The maximum Gasteiger partial charge on any atom is 0.257 e. The van der Waals surface area contributed by atoms with Crippen LogP contribution in [0.25, 0.3) is 22.4 Å². The Morgan fingerprint density at radius 3 is 2.48 bits per heavy atom. The smallest absolute Gasteiger partial charge is 0.257 e. The number of nitrogens with one attached hydrogen (secondary N) is 1. The molecule has 2 heterocycles. The van der Waals surface area contributed by atoms with Gasteiger partial charge in [-0.05, 0) is 52.2 Å². The Morgan fingerprint density at radius 1 is 0.966 bits per heavy atom. The number of amides is 1. The predicted molar refractivity (Wildman–Crippen MR) is 118 cm³/mol. The minimum atomic E-state index is -0.190. The zero-order valence-electron chi connectivity index (χ0n) is 15.8. The summed E-state index contributed by atoms with van der Waals surface area (Å²) < 4.78 is 10.7. The minimum Gasteiger partial charge on any atom is -0.497 e. The molecule has 1 N–H and O–H groups in total. The van der Waals surface area contributed by atoms with Crippen molar-refractivity contribution < 1.29 is 14.3 Å². The zero-order valence-corrected chi connectivity index (χ0v) is 17.5. The monoisotopic (exact) mass is 422 g/mol. The summed E-state index contributed by atoms with van der Waals surface area (Å²) in [4.78, 5) is 17.1. The van der Waals surface area contributed by atoms with E-state index in [1.807, 2.05) is 53.2 Å². The van der Waals surface area contributed by atoms with Crippen molar-refractivity contribution >= 4 is 33.7 Å². The Labute approximate surface area is 176 Å². The molecular weight excluding hydrogens is 404 g/mol. The highest BCUT2D eigenvalue weighted by Crippen LogP contribution is 2.35. The lowest BCUT2D eigenvalue weighted by Crippen LogP contribution is -2.11. The summed E-state index contributed by atoms with van der Waals surface area (Å²) in [5, 5.41) is 9.41. The van der Waals surface area contributed by atoms with Crippen molar-refractivity contribution in [3.8, 4) is 33.9 Å². The van der Waals surface area contributed by atoms with Crippen LogP contribution in [-0.4, -0.2) is 25.1 Å². The summed E-state index contributed by atoms with van der Waals surface area (Å²) in [5.41, 5.74) is 4.40. The molecule has 0 spiro atoms. The highest BCUT2D eigenvalue weighted by atomic mass is 32.1. The number of benzene rings is 2. The number of hydrogen-bond acceptors (Lipinski definition) is 6. The lowest BCUT2D eigenvalue weighted by molar-refractivity contribution is 0.102. The fraction of sp³-hybridized carbons (Fsp3) is 0.0909. The van der Waals surface area contributed by atoms with Gasteiger partial charge < -0.3 is 9.47 Å². The Morgan fingerprint density at radius 2 is 1.79 bits per heavy atom. The summed E-state index contributed by atoms with van der Waals surface area (Å²) in [6.45, 7) is 0. The van der Waals surface area contributed by atoms with Crippen molar-refractivity contribution in [3.05, 3.63) is 70.2 Å². The number of aromatic nitrogens is 1. The third kappa shape index (κ3) is 4.16. The predicted octanol–water partition coefficient (Wildman–Crippen LogP) is 5.81. The quantitative estimate of drug-likeness (QED) is 0.426. The first-order valence-electron chi connectivity index (χ1n) is 8.80. The number of anilines is 1. The summed E-state index contributed by atoms with van der Waals surface area (Å²) in [5.74, 6) is 1.18. The lowest BCUT2D eigenvalue weighted by atomic mass is 10.1. The molecule has 0 saturated heterocycles. The van der Waals surface area contributed by atoms with Gasteiger partial charge >= 0.3 is 0 Å². The van der Waals surface area contributed by atoms with Crippen LogP contribution in [0.1, 0.15) is 10.4 Å². The van der Waals surface area contributed by atoms with E-state index in [0.717, 1.165) is 22.4 Å². The second kappa shape index (κ2) is 8.46. The summed E-state index contributed by atoms with van der Waals surface area (Å²) in [6.07, 6.45) is 0. The van der Waals surface area contributed by atoms with E-state index in [2.05, 4.69) is 21.7 Å². The van der Waals surface area contributed by atoms with Gasteiger partial charge in [0.05, 0.1) is 19.9 Å². The molecule has 4 aromatic rings. The number of thiazole rings is 1. The summed E-state index contributed by atoms with van der Waals surface area (Å²) in [6, 6.07) is 15.2. The van der Waals surface area contributed by atoms with E-state index in [4.69, 9.17) is 9.47 Å². The number of carbonyl (C=O) groups excluding carboxylic acids is 1. The van der Waals surface area contributed by atoms with E-state index in [0.29, 0.717) is 22.2 Å². The lowest BCUT2D eigenvalue weighted by Gasteiger charge is -2.08. The fourth-order valence-electron chi connectivity index (χ4n) is 2.88. The van der Waals surface area contributed by atoms with Gasteiger partial charge in [0.1, 0.15) is 11.5 Å². The van der Waals surface area contributed by atoms with E-state index in [9.17, 15) is 4.79 Å². The third-order valence-corrected chi connectivity index (χ3v) is 5.85. The molecule has 0 aliphatic rings. The van der Waals surface area contributed by atoms with Gasteiger partial charge in [-0.25, -0.2) is 4.98 Å². The van der Waals surface area contributed by atoms with Gasteiger partial charge in [-0.15, -0.1) is 11.3 Å². The Hall–Kier alpha value is -3.16. The maximum atomic E-state index is 12.6. The van der Waals surface area contributed by atoms with E-state index in [1.54, 1.807) is 25.6 Å². The van der Waals surface area contributed by atoms with Crippen LogP contribution < -0.4 is 14.8 Å². The SMILES string of the molecule is COc1ccc(-c2csc(NC(=O)c3ccc(-c4ccsc4)cc3)n2)c(OC)c1. The topological polar surface area (TPSA) is 60.5 Å². The molecule has 0 aliphatic carbocycles. The van der Waals surface area contributed by atoms with Crippen molar-refractivity contribution in [1.29, 1.82) is 0 Å². The Bertz CT molecular complexity index is 1120. The molecule has 29 heavy (non-hydrogen) atoms. The van der Waals surface area contributed by atoms with Gasteiger partial charge in [0.15, 0.2) is 5.13 Å². The molecule has 4 rings (SSSR count). The molecule has 7 heteroatoms. The molecule has 2 aromatic carbocycles. The van der Waals surface area contributed by atoms with E-state index in [-0.39, 0.29) is 5.91 Å². The van der Waals surface area contributed by atoms with Crippen LogP contribution in [0.2, 0.25) is 0 Å². The minimum absolute atomic E-state index is 0.190. The van der Waals surface area contributed by atoms with Crippen molar-refractivity contribution in [3.63, 3.8) is 0 Å². The molecule has 146 valence electrons. The first-order chi connectivity index (χ1) is 14.2. The zero-order chi connectivity index (χ0) is 20.2. The number of methoxy groups -OCH3 is 2. The molecular formula is C22H18N2O3S2. The van der Waals surface area contributed by atoms with Crippen LogP contribution in [0.15, 0.2) is 64.7 Å². The third-order valence-electron chi connectivity index (χ3n) is 4.41. The molecule has 0 unspecified atom stereocenters. The molecule has 0 radical (unpaired) electrons. The van der Waals surface area contributed by atoms with E-state index >= 15 is 0 Å². The van der Waals surface area contributed by atoms with Crippen molar-refractivity contribution in [2.75, 3.05) is 19.5 Å². The van der Waals surface area contributed by atoms with Crippen LogP contribution in [0.3, 0.4) is 0 Å². The van der Waals surface area contributed by atoms with Crippen LogP contribution in [0, 0.1) is 0 Å². The molecule has 0 saturated carbocycles. The number of carbonyl (C=O) groups is 1. The first-order valence-corrected chi connectivity index (χ1v) is 10.6. The number of hydrogen-bond donors (Lipinski definition) is 1. The van der Waals surface area contributed by atoms with Crippen LogP contribution >= 0.6 is 22.7 Å². The molecule has 5 nitrogen and oxygen atoms in total.